The normalized spacial score (nSPS) is 9.86. The van der Waals surface area contributed by atoms with Crippen molar-refractivity contribution in [3.63, 3.8) is 0 Å². The second-order valence-electron chi connectivity index (χ2n) is 4.19. The second kappa shape index (κ2) is 6.49. The summed E-state index contributed by atoms with van der Waals surface area (Å²) in [6.45, 7) is 0. The van der Waals surface area contributed by atoms with Gasteiger partial charge in [0.05, 0.1) is 23.2 Å². The van der Waals surface area contributed by atoms with Gasteiger partial charge in [0.1, 0.15) is 0 Å². The van der Waals surface area contributed by atoms with E-state index >= 15 is 0 Å². The molecule has 0 aromatic heterocycles. The summed E-state index contributed by atoms with van der Waals surface area (Å²) in [5.74, 6) is -1.79. The Kier molecular flexibility index (Phi) is 4.47. The predicted octanol–water partition coefficient (Wildman–Crippen LogP) is 2.60. The summed E-state index contributed by atoms with van der Waals surface area (Å²) in [7, 11) is 1.28. The molecule has 0 saturated carbocycles. The Balaban J connectivity index is 2.21. The molecule has 0 aliphatic rings. The van der Waals surface area contributed by atoms with E-state index < -0.39 is 16.9 Å². The number of rotatable bonds is 4. The van der Waals surface area contributed by atoms with Gasteiger partial charge in [-0.25, -0.2) is 9.59 Å². The Labute approximate surface area is 125 Å². The van der Waals surface area contributed by atoms with Crippen LogP contribution >= 0.6 is 0 Å². The molecule has 0 heterocycles. The summed E-state index contributed by atoms with van der Waals surface area (Å²) in [5.41, 5.74) is -0.292. The Morgan fingerprint density at radius 1 is 1.00 bits per heavy atom. The zero-order valence-corrected chi connectivity index (χ0v) is 11.5. The number of methoxy groups -OCH3 is 1. The molecule has 2 rings (SSSR count). The topological polar surface area (TPSA) is 95.7 Å². The van der Waals surface area contributed by atoms with Gasteiger partial charge in [0.25, 0.3) is 0 Å². The first-order valence-electron chi connectivity index (χ1n) is 6.17. The van der Waals surface area contributed by atoms with Crippen molar-refractivity contribution in [3.8, 4) is 5.75 Å². The van der Waals surface area contributed by atoms with Gasteiger partial charge in [-0.3, -0.25) is 10.1 Å². The molecule has 0 aliphatic carbocycles. The minimum Gasteiger partial charge on any atom is -0.490 e. The highest BCUT2D eigenvalue weighted by Crippen LogP contribution is 2.27. The SMILES string of the molecule is COc1ccc(C(=O)OC(=O)c2ccccc2)cc1[N+](=O)[O-]. The molecule has 0 atom stereocenters. The lowest BCUT2D eigenvalue weighted by Crippen LogP contribution is -2.13. The first kappa shape index (κ1) is 15.2. The van der Waals surface area contributed by atoms with Gasteiger partial charge in [-0.15, -0.1) is 0 Å². The van der Waals surface area contributed by atoms with Crippen molar-refractivity contribution >= 4 is 17.6 Å². The van der Waals surface area contributed by atoms with E-state index in [1.807, 2.05) is 0 Å². The number of carbonyl (C=O) groups excluding carboxylic acids is 2. The summed E-state index contributed by atoms with van der Waals surface area (Å²) in [4.78, 5) is 33.9. The van der Waals surface area contributed by atoms with Crippen LogP contribution in [0.2, 0.25) is 0 Å². The number of benzene rings is 2. The third kappa shape index (κ3) is 3.26. The van der Waals surface area contributed by atoms with E-state index in [0.29, 0.717) is 0 Å². The van der Waals surface area contributed by atoms with Gasteiger partial charge in [-0.2, -0.15) is 0 Å². The molecule has 0 bridgehead atoms. The molecule has 0 aliphatic heterocycles. The van der Waals surface area contributed by atoms with E-state index in [0.717, 1.165) is 6.07 Å². The summed E-state index contributed by atoms with van der Waals surface area (Å²) in [6.07, 6.45) is 0. The number of nitrogens with zero attached hydrogens (tertiary/aromatic N) is 1. The van der Waals surface area contributed by atoms with Crippen LogP contribution in [0.4, 0.5) is 5.69 Å². The predicted molar refractivity (Wildman–Crippen MR) is 75.8 cm³/mol. The average Bonchev–Trinajstić information content (AvgIpc) is 2.54. The summed E-state index contributed by atoms with van der Waals surface area (Å²) < 4.78 is 9.52. The number of hydrogen-bond acceptors (Lipinski definition) is 6. The van der Waals surface area contributed by atoms with Crippen molar-refractivity contribution < 1.29 is 24.0 Å². The fourth-order valence-corrected chi connectivity index (χ4v) is 1.74. The highest BCUT2D eigenvalue weighted by Gasteiger charge is 2.21. The van der Waals surface area contributed by atoms with Gasteiger partial charge in [0.2, 0.25) is 0 Å². The van der Waals surface area contributed by atoms with E-state index in [1.54, 1.807) is 18.2 Å². The Hall–Kier alpha value is -3.22. The molecule has 2 aromatic carbocycles. The molecule has 0 spiro atoms. The highest BCUT2D eigenvalue weighted by molar-refractivity contribution is 6.02. The van der Waals surface area contributed by atoms with Crippen LogP contribution in [0.15, 0.2) is 48.5 Å². The van der Waals surface area contributed by atoms with Crippen LogP contribution in [-0.4, -0.2) is 24.0 Å². The molecule has 112 valence electrons. The van der Waals surface area contributed by atoms with Crippen LogP contribution in [0.3, 0.4) is 0 Å². The molecular weight excluding hydrogens is 290 g/mol. The van der Waals surface area contributed by atoms with Crippen LogP contribution in [0.25, 0.3) is 0 Å². The molecule has 0 fully saturated rings. The number of nitro benzene ring substituents is 1. The van der Waals surface area contributed by atoms with Crippen molar-refractivity contribution in [3.05, 3.63) is 69.8 Å². The Bertz CT molecular complexity index is 726. The average molecular weight is 301 g/mol. The molecule has 0 unspecified atom stereocenters. The largest absolute Gasteiger partial charge is 0.490 e. The third-order valence-electron chi connectivity index (χ3n) is 2.81. The van der Waals surface area contributed by atoms with E-state index in [9.17, 15) is 19.7 Å². The van der Waals surface area contributed by atoms with Crippen molar-refractivity contribution in [2.24, 2.45) is 0 Å². The van der Waals surface area contributed by atoms with E-state index in [1.165, 1.54) is 31.4 Å². The van der Waals surface area contributed by atoms with Crippen LogP contribution in [0.1, 0.15) is 20.7 Å². The first-order chi connectivity index (χ1) is 10.5. The number of esters is 2. The quantitative estimate of drug-likeness (QED) is 0.373. The number of ether oxygens (including phenoxy) is 2. The minimum absolute atomic E-state index is 0.0101. The molecule has 22 heavy (non-hydrogen) atoms. The third-order valence-corrected chi connectivity index (χ3v) is 2.81. The van der Waals surface area contributed by atoms with Gasteiger partial charge < -0.3 is 9.47 Å². The molecule has 7 heteroatoms. The molecular formula is C15H11NO6. The van der Waals surface area contributed by atoms with Crippen LogP contribution < -0.4 is 4.74 Å². The molecule has 0 radical (unpaired) electrons. The second-order valence-corrected chi connectivity index (χ2v) is 4.19. The van der Waals surface area contributed by atoms with Gasteiger partial charge in [0.15, 0.2) is 5.75 Å². The lowest BCUT2D eigenvalue weighted by Gasteiger charge is -2.05. The Morgan fingerprint density at radius 2 is 1.64 bits per heavy atom. The standard InChI is InChI=1S/C15H11NO6/c1-21-13-8-7-11(9-12(13)16(19)20)15(18)22-14(17)10-5-3-2-4-6-10/h2-9H,1H3. The van der Waals surface area contributed by atoms with Gasteiger partial charge in [0, 0.05) is 6.07 Å². The molecule has 0 saturated heterocycles. The fraction of sp³-hybridized carbons (Fsp3) is 0.0667. The first-order valence-corrected chi connectivity index (χ1v) is 6.17. The maximum absolute atomic E-state index is 11.9. The summed E-state index contributed by atoms with van der Waals surface area (Å²) >= 11 is 0. The van der Waals surface area contributed by atoms with Crippen LogP contribution in [0.5, 0.6) is 5.75 Å². The number of nitro groups is 1. The summed E-state index contributed by atoms with van der Waals surface area (Å²) in [6, 6.07) is 11.5. The van der Waals surface area contributed by atoms with E-state index in [2.05, 4.69) is 4.74 Å². The van der Waals surface area contributed by atoms with Crippen LogP contribution in [0, 0.1) is 10.1 Å². The van der Waals surface area contributed by atoms with Crippen LogP contribution in [-0.2, 0) is 4.74 Å². The highest BCUT2D eigenvalue weighted by atomic mass is 16.6. The fourth-order valence-electron chi connectivity index (χ4n) is 1.74. The van der Waals surface area contributed by atoms with Gasteiger partial charge in [-0.05, 0) is 24.3 Å². The van der Waals surface area contributed by atoms with Gasteiger partial charge in [-0.1, -0.05) is 18.2 Å². The summed E-state index contributed by atoms with van der Waals surface area (Å²) in [5, 5.41) is 10.9. The lowest BCUT2D eigenvalue weighted by molar-refractivity contribution is -0.385. The maximum atomic E-state index is 11.9. The zero-order valence-electron chi connectivity index (χ0n) is 11.5. The number of hydrogen-bond donors (Lipinski definition) is 0. The zero-order chi connectivity index (χ0) is 16.1. The number of carbonyl (C=O) groups is 2. The monoisotopic (exact) mass is 301 g/mol. The van der Waals surface area contributed by atoms with Gasteiger partial charge >= 0.3 is 17.6 Å². The Morgan fingerprint density at radius 3 is 2.23 bits per heavy atom. The lowest BCUT2D eigenvalue weighted by atomic mass is 10.2. The van der Waals surface area contributed by atoms with E-state index in [4.69, 9.17) is 4.74 Å². The molecule has 2 aromatic rings. The molecule has 0 N–H and O–H groups in total. The molecule has 7 nitrogen and oxygen atoms in total. The maximum Gasteiger partial charge on any atom is 0.346 e. The van der Waals surface area contributed by atoms with Crippen molar-refractivity contribution in [1.29, 1.82) is 0 Å². The minimum atomic E-state index is -0.973. The smallest absolute Gasteiger partial charge is 0.346 e. The van der Waals surface area contributed by atoms with Crippen molar-refractivity contribution in [2.75, 3.05) is 7.11 Å². The van der Waals surface area contributed by atoms with Crippen molar-refractivity contribution in [2.45, 2.75) is 0 Å². The molecule has 0 amide bonds. The van der Waals surface area contributed by atoms with Crippen molar-refractivity contribution in [1.82, 2.24) is 0 Å². The van der Waals surface area contributed by atoms with E-state index in [-0.39, 0.29) is 22.6 Å².